The van der Waals surface area contributed by atoms with Crippen LogP contribution < -0.4 is 10.1 Å². The molecule has 106 valence electrons. The smallest absolute Gasteiger partial charge is 0.161 e. The molecule has 5 heteroatoms. The first-order valence-corrected chi connectivity index (χ1v) is 6.95. The van der Waals surface area contributed by atoms with Crippen LogP contribution in [0.1, 0.15) is 19.0 Å². The minimum absolute atomic E-state index is 0.554. The lowest BCUT2D eigenvalue weighted by Crippen LogP contribution is -2.04. The lowest BCUT2D eigenvalue weighted by Gasteiger charge is -2.09. The fraction of sp³-hybridized carbons (Fsp3) is 0.333. The Morgan fingerprint density at radius 3 is 2.70 bits per heavy atom. The van der Waals surface area contributed by atoms with Crippen molar-refractivity contribution in [3.8, 4) is 17.1 Å². The average Bonchev–Trinajstić information content (AvgIpc) is 2.44. The molecule has 20 heavy (non-hydrogen) atoms. The summed E-state index contributed by atoms with van der Waals surface area (Å²) in [6, 6.07) is 7.48. The van der Waals surface area contributed by atoms with E-state index in [2.05, 4.69) is 22.2 Å². The average molecular weight is 292 g/mol. The molecule has 4 nitrogen and oxygen atoms in total. The third kappa shape index (κ3) is 3.39. The second-order valence-electron chi connectivity index (χ2n) is 4.49. The van der Waals surface area contributed by atoms with Gasteiger partial charge >= 0.3 is 0 Å². The minimum Gasteiger partial charge on any atom is -0.495 e. The molecule has 1 aromatic heterocycles. The summed E-state index contributed by atoms with van der Waals surface area (Å²) in [5.41, 5.74) is 1.79. The quantitative estimate of drug-likeness (QED) is 0.906. The Bertz CT molecular complexity index is 602. The van der Waals surface area contributed by atoms with Gasteiger partial charge in [-0.1, -0.05) is 18.5 Å². The molecule has 0 saturated carbocycles. The summed E-state index contributed by atoms with van der Waals surface area (Å²) in [4.78, 5) is 8.97. The van der Waals surface area contributed by atoms with Gasteiger partial charge in [0.1, 0.15) is 11.6 Å². The van der Waals surface area contributed by atoms with E-state index in [0.717, 1.165) is 30.0 Å². The van der Waals surface area contributed by atoms with E-state index >= 15 is 0 Å². The molecular weight excluding hydrogens is 274 g/mol. The summed E-state index contributed by atoms with van der Waals surface area (Å²) < 4.78 is 5.15. The molecule has 1 aromatic carbocycles. The van der Waals surface area contributed by atoms with Gasteiger partial charge in [-0.25, -0.2) is 9.97 Å². The number of methoxy groups -OCH3 is 1. The first-order valence-electron chi connectivity index (χ1n) is 6.57. The first-order chi connectivity index (χ1) is 9.63. The van der Waals surface area contributed by atoms with Crippen LogP contribution in [0.5, 0.6) is 5.75 Å². The van der Waals surface area contributed by atoms with Gasteiger partial charge in [-0.3, -0.25) is 0 Å². The van der Waals surface area contributed by atoms with Crippen LogP contribution in [0, 0.1) is 6.92 Å². The van der Waals surface area contributed by atoms with Crippen LogP contribution in [0.4, 0.5) is 5.82 Å². The number of aryl methyl sites for hydroxylation is 1. The SMILES string of the molecule is CCCNc1cc(C)nc(-c2ccc(OC)c(Cl)c2)n1. The van der Waals surface area contributed by atoms with Crippen molar-refractivity contribution in [3.05, 3.63) is 35.0 Å². The van der Waals surface area contributed by atoms with E-state index in [0.29, 0.717) is 16.6 Å². The Morgan fingerprint density at radius 2 is 2.05 bits per heavy atom. The van der Waals surface area contributed by atoms with E-state index in [4.69, 9.17) is 16.3 Å². The largest absolute Gasteiger partial charge is 0.495 e. The van der Waals surface area contributed by atoms with Crippen molar-refractivity contribution < 1.29 is 4.74 Å². The standard InChI is InChI=1S/C15H18ClN3O/c1-4-7-17-14-8-10(2)18-15(19-14)11-5-6-13(20-3)12(16)9-11/h5-6,8-9H,4,7H2,1-3H3,(H,17,18,19). The number of ether oxygens (including phenoxy) is 1. The molecule has 0 amide bonds. The number of nitrogens with zero attached hydrogens (tertiary/aromatic N) is 2. The van der Waals surface area contributed by atoms with Crippen molar-refractivity contribution in [1.82, 2.24) is 9.97 Å². The van der Waals surface area contributed by atoms with E-state index in [9.17, 15) is 0 Å². The highest BCUT2D eigenvalue weighted by Gasteiger charge is 2.08. The predicted molar refractivity (Wildman–Crippen MR) is 82.5 cm³/mol. The number of hydrogen-bond acceptors (Lipinski definition) is 4. The molecule has 0 bridgehead atoms. The van der Waals surface area contributed by atoms with Crippen LogP contribution in [0.3, 0.4) is 0 Å². The number of benzene rings is 1. The first kappa shape index (κ1) is 14.6. The van der Waals surface area contributed by atoms with E-state index in [1.54, 1.807) is 7.11 Å². The number of nitrogens with one attached hydrogen (secondary N) is 1. The molecule has 0 aliphatic rings. The van der Waals surface area contributed by atoms with Crippen molar-refractivity contribution in [2.45, 2.75) is 20.3 Å². The lowest BCUT2D eigenvalue weighted by molar-refractivity contribution is 0.415. The summed E-state index contributed by atoms with van der Waals surface area (Å²) in [7, 11) is 1.59. The molecule has 2 aromatic rings. The Hall–Kier alpha value is -1.81. The van der Waals surface area contributed by atoms with Crippen LogP contribution >= 0.6 is 11.6 Å². The highest BCUT2D eigenvalue weighted by molar-refractivity contribution is 6.32. The minimum atomic E-state index is 0.554. The molecule has 0 aliphatic heterocycles. The third-order valence-electron chi connectivity index (χ3n) is 2.82. The van der Waals surface area contributed by atoms with Gasteiger partial charge in [0.25, 0.3) is 0 Å². The van der Waals surface area contributed by atoms with Crippen molar-refractivity contribution in [2.24, 2.45) is 0 Å². The summed E-state index contributed by atoms with van der Waals surface area (Å²) >= 11 is 6.15. The molecule has 0 radical (unpaired) electrons. The Morgan fingerprint density at radius 1 is 1.25 bits per heavy atom. The van der Waals surface area contributed by atoms with Gasteiger partial charge in [0.05, 0.1) is 12.1 Å². The van der Waals surface area contributed by atoms with E-state index < -0.39 is 0 Å². The van der Waals surface area contributed by atoms with Gasteiger partial charge in [-0.2, -0.15) is 0 Å². The van der Waals surface area contributed by atoms with Crippen LogP contribution in [0.2, 0.25) is 5.02 Å². The van der Waals surface area contributed by atoms with Gasteiger partial charge in [0.15, 0.2) is 5.82 Å². The molecule has 2 rings (SSSR count). The summed E-state index contributed by atoms with van der Waals surface area (Å²) in [5.74, 6) is 2.14. The number of aromatic nitrogens is 2. The molecule has 1 N–H and O–H groups in total. The Labute approximate surface area is 124 Å². The van der Waals surface area contributed by atoms with E-state index in [1.807, 2.05) is 31.2 Å². The molecular formula is C15H18ClN3O. The van der Waals surface area contributed by atoms with Crippen LogP contribution in [-0.2, 0) is 0 Å². The Balaban J connectivity index is 2.36. The maximum atomic E-state index is 6.15. The molecule has 0 atom stereocenters. The fourth-order valence-corrected chi connectivity index (χ4v) is 2.10. The highest BCUT2D eigenvalue weighted by atomic mass is 35.5. The molecule has 0 spiro atoms. The van der Waals surface area contributed by atoms with Crippen LogP contribution in [-0.4, -0.2) is 23.6 Å². The van der Waals surface area contributed by atoms with Crippen molar-refractivity contribution in [1.29, 1.82) is 0 Å². The second-order valence-corrected chi connectivity index (χ2v) is 4.90. The maximum absolute atomic E-state index is 6.15. The van der Waals surface area contributed by atoms with Crippen LogP contribution in [0.15, 0.2) is 24.3 Å². The van der Waals surface area contributed by atoms with E-state index in [-0.39, 0.29) is 0 Å². The van der Waals surface area contributed by atoms with Crippen molar-refractivity contribution >= 4 is 17.4 Å². The third-order valence-corrected chi connectivity index (χ3v) is 3.12. The molecule has 0 saturated heterocycles. The van der Waals surface area contributed by atoms with Crippen LogP contribution in [0.25, 0.3) is 11.4 Å². The van der Waals surface area contributed by atoms with Gasteiger partial charge in [-0.15, -0.1) is 0 Å². The monoisotopic (exact) mass is 291 g/mol. The van der Waals surface area contributed by atoms with Crippen molar-refractivity contribution in [3.63, 3.8) is 0 Å². The van der Waals surface area contributed by atoms with Gasteiger partial charge in [0, 0.05) is 23.9 Å². The fourth-order valence-electron chi connectivity index (χ4n) is 1.85. The number of hydrogen-bond donors (Lipinski definition) is 1. The highest BCUT2D eigenvalue weighted by Crippen LogP contribution is 2.29. The molecule has 1 heterocycles. The normalized spacial score (nSPS) is 10.4. The zero-order valence-electron chi connectivity index (χ0n) is 11.9. The van der Waals surface area contributed by atoms with Gasteiger partial charge in [-0.05, 0) is 31.5 Å². The van der Waals surface area contributed by atoms with Crippen molar-refractivity contribution in [2.75, 3.05) is 19.0 Å². The molecule has 0 aliphatic carbocycles. The zero-order chi connectivity index (χ0) is 14.5. The van der Waals surface area contributed by atoms with E-state index in [1.165, 1.54) is 0 Å². The Kier molecular flexibility index (Phi) is 4.79. The topological polar surface area (TPSA) is 47.0 Å². The summed E-state index contributed by atoms with van der Waals surface area (Å²) in [6.07, 6.45) is 1.05. The maximum Gasteiger partial charge on any atom is 0.161 e. The number of rotatable bonds is 5. The summed E-state index contributed by atoms with van der Waals surface area (Å²) in [5, 5.41) is 3.83. The number of halogens is 1. The zero-order valence-corrected chi connectivity index (χ0v) is 12.7. The number of anilines is 1. The molecule has 0 unspecified atom stereocenters. The lowest BCUT2D eigenvalue weighted by atomic mass is 10.2. The molecule has 0 fully saturated rings. The second kappa shape index (κ2) is 6.57. The summed E-state index contributed by atoms with van der Waals surface area (Å²) in [6.45, 7) is 4.96. The van der Waals surface area contributed by atoms with Gasteiger partial charge < -0.3 is 10.1 Å². The predicted octanol–water partition coefficient (Wildman–Crippen LogP) is 3.94. The van der Waals surface area contributed by atoms with Gasteiger partial charge in [0.2, 0.25) is 0 Å².